The summed E-state index contributed by atoms with van der Waals surface area (Å²) in [5.41, 5.74) is 7.42. The molecule has 0 N–H and O–H groups in total. The number of hydrogen-bond acceptors (Lipinski definition) is 2. The van der Waals surface area contributed by atoms with Crippen molar-refractivity contribution in [2.24, 2.45) is 0 Å². The van der Waals surface area contributed by atoms with Crippen molar-refractivity contribution in [1.82, 2.24) is 0 Å². The summed E-state index contributed by atoms with van der Waals surface area (Å²) in [4.78, 5) is 0. The van der Waals surface area contributed by atoms with Gasteiger partial charge in [0.1, 0.15) is 0 Å². The Labute approximate surface area is 312 Å². The molecular formula is C50H32O2Se. The third kappa shape index (κ3) is 4.58. The van der Waals surface area contributed by atoms with Gasteiger partial charge in [-0.15, -0.1) is 0 Å². The van der Waals surface area contributed by atoms with Crippen LogP contribution < -0.4 is 0 Å². The van der Waals surface area contributed by atoms with Crippen LogP contribution in [0.4, 0.5) is 0 Å². The van der Waals surface area contributed by atoms with Gasteiger partial charge in [-0.25, -0.2) is 0 Å². The van der Waals surface area contributed by atoms with Gasteiger partial charge in [0.2, 0.25) is 0 Å². The average Bonchev–Trinajstić information content (AvgIpc) is 3.93. The third-order valence-electron chi connectivity index (χ3n) is 10.9. The number of benzene rings is 8. The van der Waals surface area contributed by atoms with Crippen molar-refractivity contribution >= 4 is 76.9 Å². The number of fused-ring (bicyclic) bond motifs is 7. The summed E-state index contributed by atoms with van der Waals surface area (Å²) in [5, 5.41) is 12.5. The molecule has 0 aliphatic carbocycles. The summed E-state index contributed by atoms with van der Waals surface area (Å²) in [6, 6.07) is 57.8. The van der Waals surface area contributed by atoms with Crippen LogP contribution in [0.1, 0.15) is 11.5 Å². The summed E-state index contributed by atoms with van der Waals surface area (Å²) >= 11 is 0.158. The molecule has 3 heteroatoms. The van der Waals surface area contributed by atoms with Gasteiger partial charge >= 0.3 is 314 Å². The molecule has 0 amide bonds. The van der Waals surface area contributed by atoms with E-state index in [2.05, 4.69) is 158 Å². The summed E-state index contributed by atoms with van der Waals surface area (Å²) in [7, 11) is 0. The van der Waals surface area contributed by atoms with Gasteiger partial charge < -0.3 is 0 Å². The van der Waals surface area contributed by atoms with Crippen LogP contribution in [0.5, 0.6) is 0 Å². The minimum absolute atomic E-state index is 0.158. The molecule has 11 aromatic rings. The van der Waals surface area contributed by atoms with Gasteiger partial charge in [-0.3, -0.25) is 0 Å². The molecule has 53 heavy (non-hydrogen) atoms. The molecule has 3 heterocycles. The van der Waals surface area contributed by atoms with E-state index in [0.717, 1.165) is 34.2 Å². The van der Waals surface area contributed by atoms with E-state index in [1.54, 1.807) is 0 Å². The molecule has 0 aliphatic rings. The fraction of sp³-hybridized carbons (Fsp3) is 0.0400. The van der Waals surface area contributed by atoms with Crippen molar-refractivity contribution < 1.29 is 8.83 Å². The average molecular weight is 744 g/mol. The molecule has 0 fully saturated rings. The van der Waals surface area contributed by atoms with Gasteiger partial charge in [0.15, 0.2) is 0 Å². The first-order valence-corrected chi connectivity index (χ1v) is 19.8. The van der Waals surface area contributed by atoms with Crippen LogP contribution >= 0.6 is 0 Å². The van der Waals surface area contributed by atoms with E-state index in [-0.39, 0.29) is 14.5 Å². The van der Waals surface area contributed by atoms with Gasteiger partial charge in [-0.05, 0) is 0 Å². The summed E-state index contributed by atoms with van der Waals surface area (Å²) in [6.07, 6.45) is 0. The van der Waals surface area contributed by atoms with E-state index in [1.165, 1.54) is 84.6 Å². The molecule has 8 aromatic carbocycles. The van der Waals surface area contributed by atoms with Gasteiger partial charge in [0, 0.05) is 0 Å². The van der Waals surface area contributed by atoms with Crippen LogP contribution in [0.3, 0.4) is 0 Å². The van der Waals surface area contributed by atoms with Crippen LogP contribution in [-0.4, -0.2) is 14.5 Å². The monoisotopic (exact) mass is 744 g/mol. The summed E-state index contributed by atoms with van der Waals surface area (Å²) < 4.78 is 15.4. The number of hydrogen-bond donors (Lipinski definition) is 0. The van der Waals surface area contributed by atoms with Crippen molar-refractivity contribution in [3.63, 3.8) is 0 Å². The second kappa shape index (κ2) is 11.7. The van der Waals surface area contributed by atoms with Crippen LogP contribution in [0.2, 0.25) is 0 Å². The van der Waals surface area contributed by atoms with Crippen molar-refractivity contribution in [2.45, 2.75) is 13.8 Å². The van der Waals surface area contributed by atoms with Crippen molar-refractivity contribution in [1.29, 1.82) is 0 Å². The maximum absolute atomic E-state index is 6.28. The van der Waals surface area contributed by atoms with Crippen LogP contribution in [0.15, 0.2) is 167 Å². The summed E-state index contributed by atoms with van der Waals surface area (Å²) in [5.74, 6) is 3.66. The molecule has 11 rings (SSSR count). The Morgan fingerprint density at radius 1 is 0.358 bits per heavy atom. The molecule has 250 valence electrons. The van der Waals surface area contributed by atoms with E-state index < -0.39 is 0 Å². The van der Waals surface area contributed by atoms with Crippen LogP contribution in [-0.2, 0) is 0 Å². The Bertz CT molecular complexity index is 3150. The number of rotatable bonds is 4. The second-order valence-electron chi connectivity index (χ2n) is 14.0. The Morgan fingerprint density at radius 3 is 1.26 bits per heavy atom. The Morgan fingerprint density at radius 2 is 0.811 bits per heavy atom. The van der Waals surface area contributed by atoms with E-state index in [9.17, 15) is 0 Å². The van der Waals surface area contributed by atoms with Crippen molar-refractivity contribution in [3.05, 3.63) is 169 Å². The van der Waals surface area contributed by atoms with Gasteiger partial charge in [0.25, 0.3) is 0 Å². The zero-order valence-electron chi connectivity index (χ0n) is 29.2. The molecule has 0 aliphatic heterocycles. The predicted octanol–water partition coefficient (Wildman–Crippen LogP) is 14.1. The molecular weight excluding hydrogens is 712 g/mol. The van der Waals surface area contributed by atoms with Gasteiger partial charge in [-0.1, -0.05) is 0 Å². The first kappa shape index (κ1) is 30.5. The first-order valence-electron chi connectivity index (χ1n) is 18.1. The third-order valence-corrected chi connectivity index (χ3v) is 13.2. The van der Waals surface area contributed by atoms with E-state index in [1.807, 2.05) is 13.8 Å². The molecule has 0 radical (unpaired) electrons. The van der Waals surface area contributed by atoms with Gasteiger partial charge in [0.05, 0.1) is 0 Å². The molecule has 0 bridgehead atoms. The fourth-order valence-corrected chi connectivity index (χ4v) is 11.2. The van der Waals surface area contributed by atoms with Crippen molar-refractivity contribution in [3.8, 4) is 44.9 Å². The number of furan rings is 2. The van der Waals surface area contributed by atoms with Crippen molar-refractivity contribution in [2.75, 3.05) is 0 Å². The molecule has 0 atom stereocenters. The normalized spacial score (nSPS) is 12.0. The Hall–Kier alpha value is -6.12. The first-order chi connectivity index (χ1) is 26.1. The second-order valence-corrected chi connectivity index (χ2v) is 16.3. The van der Waals surface area contributed by atoms with E-state index in [0.29, 0.717) is 0 Å². The Balaban J connectivity index is 1.18. The summed E-state index contributed by atoms with van der Waals surface area (Å²) in [6.45, 7) is 4.03. The SMILES string of the molecule is Cc1ccc(-c2c3ccccc3c(-c3ccc4c(c3)[se]c3cccc(-c5c6ccccc6c(-c6ccc(C)o6)c6ccccc56)c34)c3ccccc23)o1. The molecule has 0 unspecified atom stereocenters. The molecule has 0 saturated carbocycles. The molecule has 3 aromatic heterocycles. The van der Waals surface area contributed by atoms with Crippen LogP contribution in [0, 0.1) is 13.8 Å². The molecule has 0 saturated heterocycles. The molecule has 2 nitrogen and oxygen atoms in total. The quantitative estimate of drug-likeness (QED) is 0.133. The zero-order chi connectivity index (χ0) is 35.2. The van der Waals surface area contributed by atoms with Gasteiger partial charge in [-0.2, -0.15) is 0 Å². The minimum atomic E-state index is 0.158. The maximum atomic E-state index is 6.28. The van der Waals surface area contributed by atoms with E-state index >= 15 is 0 Å². The fourth-order valence-electron chi connectivity index (χ4n) is 8.72. The zero-order valence-corrected chi connectivity index (χ0v) is 30.9. The standard InChI is InChI=1S/C50H32O2Se/c1-29-22-26-42(51-29)48-36-16-7-3-12-32(36)46(33-13-4-8-17-37(33)48)31-24-25-40-45(28-31)53-44-21-11-20-41(50(40)44)47-34-14-5-9-18-38(34)49(43-27-23-30(2)52-43)39-19-10-6-15-35(39)47/h3-28H,1-2H3. The number of aryl methyl sites for hydroxylation is 2. The topological polar surface area (TPSA) is 26.3 Å². The Kier molecular flexibility index (Phi) is 6.73. The molecule has 0 spiro atoms. The van der Waals surface area contributed by atoms with Crippen LogP contribution in [0.25, 0.3) is 107 Å². The van der Waals surface area contributed by atoms with E-state index in [4.69, 9.17) is 8.83 Å². The predicted molar refractivity (Wildman–Crippen MR) is 224 cm³/mol.